The Morgan fingerprint density at radius 3 is 2.52 bits per heavy atom. The zero-order chi connectivity index (χ0) is 18.6. The number of nitrogens with zero attached hydrogens (tertiary/aromatic N) is 3. The van der Waals surface area contributed by atoms with Gasteiger partial charge in [-0.1, -0.05) is 42.5 Å². The first-order chi connectivity index (χ1) is 13.2. The zero-order valence-electron chi connectivity index (χ0n) is 14.9. The predicted molar refractivity (Wildman–Crippen MR) is 105 cm³/mol. The summed E-state index contributed by atoms with van der Waals surface area (Å²) < 4.78 is 1.27. The van der Waals surface area contributed by atoms with Crippen molar-refractivity contribution in [3.05, 3.63) is 65.0 Å². The van der Waals surface area contributed by atoms with Gasteiger partial charge in [0.05, 0.1) is 17.4 Å². The van der Waals surface area contributed by atoms with Gasteiger partial charge in [-0.25, -0.2) is 4.98 Å². The quantitative estimate of drug-likeness (QED) is 0.724. The number of carbonyl (C=O) groups is 1. The molecule has 27 heavy (non-hydrogen) atoms. The third kappa shape index (κ3) is 3.74. The number of rotatable bonds is 4. The maximum Gasteiger partial charge on any atom is 0.280 e. The Morgan fingerprint density at radius 2 is 1.74 bits per heavy atom. The maximum absolute atomic E-state index is 13.0. The Labute approximate surface area is 156 Å². The highest BCUT2D eigenvalue weighted by Gasteiger charge is 2.17. The van der Waals surface area contributed by atoms with Gasteiger partial charge in [0.1, 0.15) is 0 Å². The number of amides is 1. The Kier molecular flexibility index (Phi) is 4.95. The van der Waals surface area contributed by atoms with E-state index >= 15 is 0 Å². The van der Waals surface area contributed by atoms with E-state index in [2.05, 4.69) is 20.6 Å². The number of benzene rings is 2. The van der Waals surface area contributed by atoms with Crippen molar-refractivity contribution in [2.45, 2.75) is 0 Å². The highest BCUT2D eigenvalue weighted by molar-refractivity contribution is 5.87. The van der Waals surface area contributed by atoms with Crippen LogP contribution in [0.1, 0.15) is 0 Å². The lowest BCUT2D eigenvalue weighted by atomic mass is 10.2. The molecule has 2 heterocycles. The molecule has 7 heteroatoms. The third-order valence-corrected chi connectivity index (χ3v) is 4.62. The molecule has 1 aliphatic rings. The lowest BCUT2D eigenvalue weighted by Crippen LogP contribution is -2.48. The summed E-state index contributed by atoms with van der Waals surface area (Å²) in [5, 5.41) is 3.73. The number of fused-ring (bicyclic) bond motifs is 1. The van der Waals surface area contributed by atoms with Gasteiger partial charge >= 0.3 is 0 Å². The molecule has 138 valence electrons. The van der Waals surface area contributed by atoms with Crippen molar-refractivity contribution in [3.63, 3.8) is 0 Å². The van der Waals surface area contributed by atoms with Gasteiger partial charge in [-0.05, 0) is 12.1 Å². The zero-order valence-corrected chi connectivity index (χ0v) is 14.9. The molecule has 1 aromatic heterocycles. The fourth-order valence-electron chi connectivity index (χ4n) is 3.25. The molecular formula is C20H21N5O2. The molecule has 0 radical (unpaired) electrons. The first-order valence-electron chi connectivity index (χ1n) is 9.02. The largest absolute Gasteiger partial charge is 0.314 e. The van der Waals surface area contributed by atoms with Gasteiger partial charge in [0.15, 0.2) is 5.82 Å². The predicted octanol–water partition coefficient (Wildman–Crippen LogP) is 1.04. The van der Waals surface area contributed by atoms with Gasteiger partial charge in [0.2, 0.25) is 0 Å². The molecular weight excluding hydrogens is 342 g/mol. The standard InChI is InChI=1S/C20H21N5O2/c26-18(14-24-12-10-21-11-13-24)23-25-19(15-6-2-1-3-7-15)22-17-9-5-4-8-16(17)20(25)27/h1-9,21H,10-14H2,(H,23,26). The van der Waals surface area contributed by atoms with Crippen molar-refractivity contribution in [1.82, 2.24) is 19.9 Å². The van der Waals surface area contributed by atoms with Gasteiger partial charge in [-0.15, -0.1) is 0 Å². The highest BCUT2D eigenvalue weighted by Crippen LogP contribution is 2.17. The van der Waals surface area contributed by atoms with Crippen molar-refractivity contribution >= 4 is 16.8 Å². The van der Waals surface area contributed by atoms with Crippen LogP contribution in [-0.2, 0) is 4.79 Å². The van der Waals surface area contributed by atoms with Gasteiger partial charge in [0, 0.05) is 31.7 Å². The first kappa shape index (κ1) is 17.4. The average molecular weight is 363 g/mol. The molecule has 1 saturated heterocycles. The number of para-hydroxylation sites is 1. The SMILES string of the molecule is O=C(CN1CCNCC1)Nn1c(-c2ccccc2)nc2ccccc2c1=O. The van der Waals surface area contributed by atoms with Crippen molar-refractivity contribution in [3.8, 4) is 11.4 Å². The molecule has 0 unspecified atom stereocenters. The van der Waals surface area contributed by atoms with Gasteiger partial charge in [0.25, 0.3) is 11.5 Å². The smallest absolute Gasteiger partial charge is 0.280 e. The molecule has 0 saturated carbocycles. The van der Waals surface area contributed by atoms with Gasteiger partial charge in [-0.3, -0.25) is 19.9 Å². The minimum Gasteiger partial charge on any atom is -0.314 e. The normalized spacial score (nSPS) is 15.0. The number of piperazine rings is 1. The second-order valence-electron chi connectivity index (χ2n) is 6.52. The molecule has 2 N–H and O–H groups in total. The first-order valence-corrected chi connectivity index (χ1v) is 9.02. The summed E-state index contributed by atoms with van der Waals surface area (Å²) in [5.74, 6) is 0.196. The number of hydrogen-bond acceptors (Lipinski definition) is 5. The van der Waals surface area contributed by atoms with Crippen LogP contribution in [0.15, 0.2) is 59.4 Å². The van der Waals surface area contributed by atoms with Crippen LogP contribution in [0, 0.1) is 0 Å². The number of nitrogens with one attached hydrogen (secondary N) is 2. The minimum absolute atomic E-state index is 0.228. The van der Waals surface area contributed by atoms with Crippen LogP contribution in [-0.4, -0.2) is 53.2 Å². The molecule has 0 spiro atoms. The summed E-state index contributed by atoms with van der Waals surface area (Å²) in [7, 11) is 0. The van der Waals surface area contributed by atoms with Gasteiger partial charge in [-0.2, -0.15) is 4.68 Å². The summed E-state index contributed by atoms with van der Waals surface area (Å²) in [6.07, 6.45) is 0. The van der Waals surface area contributed by atoms with Crippen LogP contribution >= 0.6 is 0 Å². The number of aromatic nitrogens is 2. The van der Waals surface area contributed by atoms with E-state index in [1.54, 1.807) is 18.2 Å². The lowest BCUT2D eigenvalue weighted by molar-refractivity contribution is -0.118. The van der Waals surface area contributed by atoms with Crippen molar-refractivity contribution < 1.29 is 4.79 Å². The Morgan fingerprint density at radius 1 is 1.04 bits per heavy atom. The fourth-order valence-corrected chi connectivity index (χ4v) is 3.25. The van der Waals surface area contributed by atoms with E-state index in [0.717, 1.165) is 31.7 Å². The molecule has 0 bridgehead atoms. The fraction of sp³-hybridized carbons (Fsp3) is 0.250. The molecule has 7 nitrogen and oxygen atoms in total. The highest BCUT2D eigenvalue weighted by atomic mass is 16.2. The Balaban J connectivity index is 1.72. The monoisotopic (exact) mass is 363 g/mol. The molecule has 2 aromatic carbocycles. The van der Waals surface area contributed by atoms with Crippen LogP contribution in [0.4, 0.5) is 0 Å². The molecule has 3 aromatic rings. The van der Waals surface area contributed by atoms with Gasteiger partial charge < -0.3 is 5.32 Å². The van der Waals surface area contributed by atoms with E-state index in [1.165, 1.54) is 4.68 Å². The summed E-state index contributed by atoms with van der Waals surface area (Å²) in [6.45, 7) is 3.59. The molecule has 0 atom stereocenters. The molecule has 4 rings (SSSR count). The van der Waals surface area contributed by atoms with E-state index in [0.29, 0.717) is 16.7 Å². The average Bonchev–Trinajstić information content (AvgIpc) is 2.71. The lowest BCUT2D eigenvalue weighted by Gasteiger charge is -2.26. The molecule has 1 fully saturated rings. The molecule has 0 aliphatic carbocycles. The summed E-state index contributed by atoms with van der Waals surface area (Å²) >= 11 is 0. The second kappa shape index (κ2) is 7.69. The van der Waals surface area contributed by atoms with Crippen molar-refractivity contribution in [1.29, 1.82) is 0 Å². The Bertz CT molecular complexity index is 1010. The Hall–Kier alpha value is -3.03. The van der Waals surface area contributed by atoms with Crippen LogP contribution in [0.5, 0.6) is 0 Å². The van der Waals surface area contributed by atoms with Crippen LogP contribution in [0.25, 0.3) is 22.3 Å². The van der Waals surface area contributed by atoms with Crippen molar-refractivity contribution in [2.24, 2.45) is 0 Å². The van der Waals surface area contributed by atoms with E-state index in [4.69, 9.17) is 0 Å². The topological polar surface area (TPSA) is 79.3 Å². The number of hydrogen-bond donors (Lipinski definition) is 2. The maximum atomic E-state index is 13.0. The third-order valence-electron chi connectivity index (χ3n) is 4.62. The summed E-state index contributed by atoms with van der Waals surface area (Å²) in [5.41, 5.74) is 3.85. The van der Waals surface area contributed by atoms with E-state index in [1.807, 2.05) is 36.4 Å². The van der Waals surface area contributed by atoms with Crippen LogP contribution in [0.3, 0.4) is 0 Å². The van der Waals surface area contributed by atoms with Crippen molar-refractivity contribution in [2.75, 3.05) is 38.1 Å². The minimum atomic E-state index is -0.284. The number of carbonyl (C=O) groups excluding carboxylic acids is 1. The van der Waals surface area contributed by atoms with E-state index in [-0.39, 0.29) is 18.0 Å². The van der Waals surface area contributed by atoms with Crippen LogP contribution in [0.2, 0.25) is 0 Å². The van der Waals surface area contributed by atoms with E-state index in [9.17, 15) is 9.59 Å². The van der Waals surface area contributed by atoms with Crippen LogP contribution < -0.4 is 16.3 Å². The molecule has 1 aliphatic heterocycles. The molecule has 1 amide bonds. The second-order valence-corrected chi connectivity index (χ2v) is 6.52. The summed E-state index contributed by atoms with van der Waals surface area (Å²) in [4.78, 5) is 32.3. The summed E-state index contributed by atoms with van der Waals surface area (Å²) in [6, 6.07) is 16.6. The van der Waals surface area contributed by atoms with E-state index < -0.39 is 0 Å².